The quantitative estimate of drug-likeness (QED) is 0.485. The molecule has 0 spiro atoms. The number of nitrogens with zero attached hydrogens (tertiary/aromatic N) is 3. The summed E-state index contributed by atoms with van der Waals surface area (Å²) in [5.41, 5.74) is 1.43. The van der Waals surface area contributed by atoms with E-state index in [-0.39, 0.29) is 24.2 Å². The Labute approximate surface area is 173 Å². The minimum absolute atomic E-state index is 0.0986. The first kappa shape index (κ1) is 22.9. The van der Waals surface area contributed by atoms with Crippen molar-refractivity contribution in [2.24, 2.45) is 5.92 Å². The van der Waals surface area contributed by atoms with Gasteiger partial charge in [0, 0.05) is 37.3 Å². The van der Waals surface area contributed by atoms with Gasteiger partial charge in [-0.2, -0.15) is 0 Å². The Kier molecular flexibility index (Phi) is 8.82. The van der Waals surface area contributed by atoms with Crippen molar-refractivity contribution in [3.05, 3.63) is 53.9 Å². The zero-order chi connectivity index (χ0) is 21.9. The molecule has 2 amide bonds. The van der Waals surface area contributed by atoms with Gasteiger partial charge in [0.1, 0.15) is 5.82 Å². The Balaban J connectivity index is 0.00000101. The number of aromatic nitrogens is 3. The molecule has 160 valence electrons. The maximum absolute atomic E-state index is 12.4. The molecule has 1 aliphatic rings. The highest BCUT2D eigenvalue weighted by molar-refractivity contribution is 5.94. The number of carbonyl (C=O) groups excluding carboxylic acids is 2. The summed E-state index contributed by atoms with van der Waals surface area (Å²) in [6, 6.07) is 3.35. The number of hydrogen-bond donors (Lipinski definition) is 4. The van der Waals surface area contributed by atoms with Crippen molar-refractivity contribution in [3.8, 4) is 0 Å². The summed E-state index contributed by atoms with van der Waals surface area (Å²) in [5, 5.41) is 22.8. The Morgan fingerprint density at radius 3 is 2.47 bits per heavy atom. The molecule has 0 saturated heterocycles. The third-order valence-corrected chi connectivity index (χ3v) is 4.72. The largest absolute Gasteiger partial charge is 0.483 e. The lowest BCUT2D eigenvalue weighted by Gasteiger charge is -2.16. The molecule has 2 aromatic rings. The number of carboxylic acid groups (broad SMARTS) is 1. The van der Waals surface area contributed by atoms with Crippen LogP contribution in [0, 0.1) is 12.8 Å². The number of carbonyl (C=O) groups is 3. The van der Waals surface area contributed by atoms with E-state index in [9.17, 15) is 14.7 Å². The Bertz CT molecular complexity index is 831. The molecule has 0 aromatic carbocycles. The summed E-state index contributed by atoms with van der Waals surface area (Å²) in [4.78, 5) is 44.9. The number of nitrogens with one attached hydrogen (secondary N) is 2. The van der Waals surface area contributed by atoms with Gasteiger partial charge in [0.25, 0.3) is 12.4 Å². The normalized spacial score (nSPS) is 19.9. The molecule has 0 radical (unpaired) electrons. The molecule has 1 saturated carbocycles. The van der Waals surface area contributed by atoms with E-state index < -0.39 is 12.1 Å². The summed E-state index contributed by atoms with van der Waals surface area (Å²) < 4.78 is 0. The van der Waals surface area contributed by atoms with Crippen LogP contribution >= 0.6 is 0 Å². The van der Waals surface area contributed by atoms with Crippen LogP contribution in [0.2, 0.25) is 0 Å². The molecule has 1 fully saturated rings. The van der Waals surface area contributed by atoms with Crippen LogP contribution in [0.1, 0.15) is 34.6 Å². The standard InChI is InChI=1S/C19H23N5O3.CH2O2/c1-12-22-10-15(11-23-12)19(27)24-16-8-14(9-17(16)25)18(26)21-7-4-13-2-5-20-6-3-13;2-1-3/h2-3,5-6,10-11,14,16-17,25H,4,7-9H2,1H3,(H,21,26)(H,24,27);1H,(H,2,3)/t14-,16+,17+;/m0./s1. The van der Waals surface area contributed by atoms with E-state index in [0.29, 0.717) is 30.8 Å². The van der Waals surface area contributed by atoms with Crippen LogP contribution in [-0.2, 0) is 16.0 Å². The average molecular weight is 415 g/mol. The second kappa shape index (κ2) is 11.6. The van der Waals surface area contributed by atoms with E-state index in [1.54, 1.807) is 19.3 Å². The third-order valence-electron chi connectivity index (χ3n) is 4.72. The SMILES string of the molecule is Cc1ncc(C(=O)N[C@@H]2C[C@H](C(=O)NCCc3ccncc3)C[C@H]2O)cn1.O=CO. The van der Waals surface area contributed by atoms with Crippen molar-refractivity contribution >= 4 is 18.3 Å². The fraction of sp³-hybridized carbons (Fsp3) is 0.400. The summed E-state index contributed by atoms with van der Waals surface area (Å²) in [5.74, 6) is -0.190. The molecule has 0 aliphatic heterocycles. The molecule has 10 heteroatoms. The number of aliphatic hydroxyl groups excluding tert-OH is 1. The van der Waals surface area contributed by atoms with Crippen LogP contribution in [0.3, 0.4) is 0 Å². The molecular formula is C20H25N5O5. The van der Waals surface area contributed by atoms with E-state index in [1.165, 1.54) is 12.4 Å². The highest BCUT2D eigenvalue weighted by atomic mass is 16.3. The summed E-state index contributed by atoms with van der Waals surface area (Å²) in [6.07, 6.45) is 7.03. The van der Waals surface area contributed by atoms with Crippen LogP contribution in [0.4, 0.5) is 0 Å². The smallest absolute Gasteiger partial charge is 0.290 e. The molecule has 2 heterocycles. The lowest BCUT2D eigenvalue weighted by Crippen LogP contribution is -2.40. The molecule has 3 atom stereocenters. The first-order chi connectivity index (χ1) is 14.4. The van der Waals surface area contributed by atoms with Gasteiger partial charge in [-0.15, -0.1) is 0 Å². The first-order valence-corrected chi connectivity index (χ1v) is 9.46. The second-order valence-electron chi connectivity index (χ2n) is 6.84. The molecule has 0 bridgehead atoms. The van der Waals surface area contributed by atoms with Gasteiger partial charge in [-0.1, -0.05) is 0 Å². The van der Waals surface area contributed by atoms with Gasteiger partial charge < -0.3 is 20.8 Å². The van der Waals surface area contributed by atoms with Crippen LogP contribution in [-0.4, -0.2) is 62.1 Å². The minimum atomic E-state index is -0.753. The van der Waals surface area contributed by atoms with Crippen molar-refractivity contribution in [3.63, 3.8) is 0 Å². The van der Waals surface area contributed by atoms with Crippen LogP contribution in [0.5, 0.6) is 0 Å². The van der Waals surface area contributed by atoms with Crippen molar-refractivity contribution < 1.29 is 24.6 Å². The number of amides is 2. The zero-order valence-electron chi connectivity index (χ0n) is 16.6. The molecule has 4 N–H and O–H groups in total. The molecular weight excluding hydrogens is 390 g/mol. The maximum atomic E-state index is 12.4. The predicted octanol–water partition coefficient (Wildman–Crippen LogP) is 0.109. The van der Waals surface area contributed by atoms with Gasteiger partial charge >= 0.3 is 0 Å². The van der Waals surface area contributed by atoms with Crippen molar-refractivity contribution in [2.75, 3.05) is 6.54 Å². The van der Waals surface area contributed by atoms with Gasteiger partial charge in [0.05, 0.1) is 17.7 Å². The van der Waals surface area contributed by atoms with E-state index in [1.807, 2.05) is 12.1 Å². The topological polar surface area (TPSA) is 154 Å². The maximum Gasteiger partial charge on any atom is 0.290 e. The van der Waals surface area contributed by atoms with E-state index in [4.69, 9.17) is 9.90 Å². The number of aliphatic hydroxyl groups is 1. The highest BCUT2D eigenvalue weighted by Crippen LogP contribution is 2.26. The highest BCUT2D eigenvalue weighted by Gasteiger charge is 2.37. The monoisotopic (exact) mass is 415 g/mol. The first-order valence-electron chi connectivity index (χ1n) is 9.46. The van der Waals surface area contributed by atoms with Crippen molar-refractivity contribution in [2.45, 2.75) is 38.3 Å². The minimum Gasteiger partial charge on any atom is -0.483 e. The summed E-state index contributed by atoms with van der Waals surface area (Å²) in [6.45, 7) is 2.01. The average Bonchev–Trinajstić information content (AvgIpc) is 3.10. The second-order valence-corrected chi connectivity index (χ2v) is 6.84. The van der Waals surface area contributed by atoms with E-state index in [0.717, 1.165) is 12.0 Å². The number of aryl methyl sites for hydroxylation is 1. The Morgan fingerprint density at radius 2 is 1.83 bits per heavy atom. The van der Waals surface area contributed by atoms with E-state index >= 15 is 0 Å². The van der Waals surface area contributed by atoms with Crippen LogP contribution in [0.15, 0.2) is 36.9 Å². The Morgan fingerprint density at radius 1 is 1.20 bits per heavy atom. The van der Waals surface area contributed by atoms with Crippen molar-refractivity contribution in [1.82, 2.24) is 25.6 Å². The Hall–Kier alpha value is -3.40. The molecule has 3 rings (SSSR count). The fourth-order valence-electron chi connectivity index (χ4n) is 3.17. The zero-order valence-corrected chi connectivity index (χ0v) is 16.6. The van der Waals surface area contributed by atoms with Crippen LogP contribution < -0.4 is 10.6 Å². The van der Waals surface area contributed by atoms with Gasteiger partial charge in [-0.05, 0) is 43.9 Å². The number of pyridine rings is 1. The van der Waals surface area contributed by atoms with Gasteiger partial charge in [0.15, 0.2) is 0 Å². The van der Waals surface area contributed by atoms with Gasteiger partial charge in [-0.3, -0.25) is 19.4 Å². The number of rotatable bonds is 6. The lowest BCUT2D eigenvalue weighted by atomic mass is 10.1. The van der Waals surface area contributed by atoms with E-state index in [2.05, 4.69) is 25.6 Å². The number of hydrogen-bond acceptors (Lipinski definition) is 7. The molecule has 10 nitrogen and oxygen atoms in total. The predicted molar refractivity (Wildman–Crippen MR) is 106 cm³/mol. The van der Waals surface area contributed by atoms with Crippen molar-refractivity contribution in [1.29, 1.82) is 0 Å². The van der Waals surface area contributed by atoms with Crippen LogP contribution in [0.25, 0.3) is 0 Å². The molecule has 30 heavy (non-hydrogen) atoms. The van der Waals surface area contributed by atoms with Gasteiger partial charge in [0.2, 0.25) is 5.91 Å². The third kappa shape index (κ3) is 6.89. The molecule has 1 aliphatic carbocycles. The lowest BCUT2D eigenvalue weighted by molar-refractivity contribution is -0.125. The summed E-state index contributed by atoms with van der Waals surface area (Å²) in [7, 11) is 0. The summed E-state index contributed by atoms with van der Waals surface area (Å²) >= 11 is 0. The van der Waals surface area contributed by atoms with Gasteiger partial charge in [-0.25, -0.2) is 9.97 Å². The molecule has 2 aromatic heterocycles. The molecule has 0 unspecified atom stereocenters. The fourth-order valence-corrected chi connectivity index (χ4v) is 3.17.